The third-order valence-electron chi connectivity index (χ3n) is 7.04. The van der Waals surface area contributed by atoms with Gasteiger partial charge in [-0.1, -0.05) is 36.0 Å². The van der Waals surface area contributed by atoms with Crippen molar-refractivity contribution in [1.82, 2.24) is 15.5 Å². The average molecular weight is 401 g/mol. The van der Waals surface area contributed by atoms with Crippen molar-refractivity contribution in [2.45, 2.75) is 69.2 Å². The first kappa shape index (κ1) is 17.1. The highest BCUT2D eigenvalue weighted by molar-refractivity contribution is 6.30. The molecule has 3 heterocycles. The normalized spacial score (nSPS) is 33.5. The summed E-state index contributed by atoms with van der Waals surface area (Å²) in [6.45, 7) is 0. The molecule has 1 aromatic heterocycles. The van der Waals surface area contributed by atoms with Gasteiger partial charge in [-0.25, -0.2) is 0 Å². The van der Waals surface area contributed by atoms with Gasteiger partial charge in [0.15, 0.2) is 6.23 Å². The van der Waals surface area contributed by atoms with E-state index in [-0.39, 0.29) is 11.8 Å². The molecule has 2 saturated carbocycles. The molecular weight excluding hydrogens is 376 g/mol. The zero-order valence-electron chi connectivity index (χ0n) is 15.8. The summed E-state index contributed by atoms with van der Waals surface area (Å²) in [4.78, 5) is 0. The van der Waals surface area contributed by atoms with Crippen LogP contribution in [-0.4, -0.2) is 22.5 Å². The molecule has 6 nitrogen and oxygen atoms in total. The fourth-order valence-corrected chi connectivity index (χ4v) is 5.42. The van der Waals surface area contributed by atoms with E-state index in [0.29, 0.717) is 18.0 Å². The number of piperidine rings is 1. The van der Waals surface area contributed by atoms with E-state index < -0.39 is 0 Å². The van der Waals surface area contributed by atoms with Gasteiger partial charge in [-0.2, -0.15) is 0 Å². The van der Waals surface area contributed by atoms with Gasteiger partial charge >= 0.3 is 6.01 Å². The van der Waals surface area contributed by atoms with Crippen LogP contribution >= 0.6 is 11.6 Å². The van der Waals surface area contributed by atoms with Gasteiger partial charge in [0.25, 0.3) is 0 Å². The van der Waals surface area contributed by atoms with E-state index >= 15 is 0 Å². The summed E-state index contributed by atoms with van der Waals surface area (Å²) in [6, 6.07) is 6.80. The Labute approximate surface area is 169 Å². The second kappa shape index (κ2) is 6.36. The highest BCUT2D eigenvalue weighted by Crippen LogP contribution is 2.59. The van der Waals surface area contributed by atoms with E-state index in [0.717, 1.165) is 47.4 Å². The molecule has 2 N–H and O–H groups in total. The summed E-state index contributed by atoms with van der Waals surface area (Å²) < 4.78 is 12.0. The quantitative estimate of drug-likeness (QED) is 0.781. The van der Waals surface area contributed by atoms with Crippen molar-refractivity contribution in [2.24, 2.45) is 11.8 Å². The summed E-state index contributed by atoms with van der Waals surface area (Å²) in [5, 5.41) is 16.4. The van der Waals surface area contributed by atoms with Crippen LogP contribution in [0.4, 0.5) is 6.01 Å². The van der Waals surface area contributed by atoms with Gasteiger partial charge in [0.05, 0.1) is 0 Å². The first-order valence-electron chi connectivity index (χ1n) is 10.5. The Hall–Kier alpha value is -1.79. The molecule has 3 fully saturated rings. The Morgan fingerprint density at radius 2 is 2.18 bits per heavy atom. The molecule has 4 atom stereocenters. The lowest BCUT2D eigenvalue weighted by Gasteiger charge is -2.29. The van der Waals surface area contributed by atoms with E-state index in [1.165, 1.54) is 32.1 Å². The van der Waals surface area contributed by atoms with Gasteiger partial charge in [-0.05, 0) is 61.3 Å². The van der Waals surface area contributed by atoms with E-state index in [4.69, 9.17) is 20.8 Å². The van der Waals surface area contributed by atoms with Crippen molar-refractivity contribution in [3.05, 3.63) is 34.7 Å². The van der Waals surface area contributed by atoms with Gasteiger partial charge in [-0.15, -0.1) is 5.10 Å². The van der Waals surface area contributed by atoms with Gasteiger partial charge < -0.3 is 19.8 Å². The molecular formula is C21H25ClN4O2. The molecule has 2 aliphatic carbocycles. The van der Waals surface area contributed by atoms with Crippen LogP contribution in [0.25, 0.3) is 0 Å². The molecule has 7 heteroatoms. The molecule has 1 saturated heterocycles. The van der Waals surface area contributed by atoms with Crippen molar-refractivity contribution in [1.29, 1.82) is 0 Å². The Bertz CT molecular complexity index is 898. The van der Waals surface area contributed by atoms with Crippen LogP contribution < -0.4 is 15.4 Å². The fourth-order valence-electron chi connectivity index (χ4n) is 5.23. The van der Waals surface area contributed by atoms with E-state index in [1.807, 2.05) is 18.2 Å². The van der Waals surface area contributed by atoms with E-state index in [2.05, 4.69) is 20.8 Å². The first-order valence-corrected chi connectivity index (χ1v) is 10.9. The third-order valence-corrected chi connectivity index (χ3v) is 7.27. The number of aryl methyl sites for hydroxylation is 1. The number of nitrogens with one attached hydrogen (secondary N) is 2. The number of rotatable bonds is 5. The Morgan fingerprint density at radius 3 is 3.04 bits per heavy atom. The molecule has 2 aliphatic heterocycles. The largest absolute Gasteiger partial charge is 0.470 e. The molecule has 4 aliphatic rings. The molecule has 148 valence electrons. The fraction of sp³-hybridized carbons (Fsp3) is 0.619. The third kappa shape index (κ3) is 2.89. The van der Waals surface area contributed by atoms with Crippen LogP contribution in [0, 0.1) is 11.8 Å². The van der Waals surface area contributed by atoms with Crippen LogP contribution in [0.5, 0.6) is 5.75 Å². The minimum Gasteiger partial charge on any atom is -0.470 e. The zero-order valence-corrected chi connectivity index (χ0v) is 16.5. The molecule has 0 radical (unpaired) electrons. The number of anilines is 1. The second-order valence-electron chi connectivity index (χ2n) is 8.94. The van der Waals surface area contributed by atoms with Gasteiger partial charge in [0, 0.05) is 17.5 Å². The number of fused-ring (bicyclic) bond motifs is 2. The number of aromatic nitrogens is 2. The number of halogens is 1. The average Bonchev–Trinajstić information content (AvgIpc) is 3.01. The van der Waals surface area contributed by atoms with Gasteiger partial charge in [-0.3, -0.25) is 0 Å². The summed E-state index contributed by atoms with van der Waals surface area (Å²) in [5.74, 6) is 3.17. The molecule has 28 heavy (non-hydrogen) atoms. The van der Waals surface area contributed by atoms with Crippen LogP contribution in [0.3, 0.4) is 0 Å². The number of hydrogen-bond donors (Lipinski definition) is 2. The first-order chi connectivity index (χ1) is 13.7. The molecule has 0 amide bonds. The summed E-state index contributed by atoms with van der Waals surface area (Å²) in [7, 11) is 0. The summed E-state index contributed by atoms with van der Waals surface area (Å²) in [5.41, 5.74) is 1.07. The maximum atomic E-state index is 6.06. The highest BCUT2D eigenvalue weighted by Gasteiger charge is 2.64. The van der Waals surface area contributed by atoms with Crippen molar-refractivity contribution < 1.29 is 9.15 Å². The predicted octanol–water partition coefficient (Wildman–Crippen LogP) is 4.25. The number of hydrogen-bond acceptors (Lipinski definition) is 6. The zero-order chi connectivity index (χ0) is 18.7. The van der Waals surface area contributed by atoms with Crippen LogP contribution in [-0.2, 0) is 12.0 Å². The van der Waals surface area contributed by atoms with Crippen LogP contribution in [0.2, 0.25) is 5.02 Å². The number of benzene rings is 1. The molecule has 1 aromatic carbocycles. The lowest BCUT2D eigenvalue weighted by molar-refractivity contribution is 0.196. The van der Waals surface area contributed by atoms with Crippen LogP contribution in [0.15, 0.2) is 22.6 Å². The van der Waals surface area contributed by atoms with Crippen LogP contribution in [0.1, 0.15) is 56.4 Å². The van der Waals surface area contributed by atoms with E-state index in [9.17, 15) is 0 Å². The Balaban J connectivity index is 1.10. The second-order valence-corrected chi connectivity index (χ2v) is 9.37. The van der Waals surface area contributed by atoms with Gasteiger partial charge in [0.1, 0.15) is 11.3 Å². The number of ether oxygens (including phenoxy) is 1. The van der Waals surface area contributed by atoms with Crippen molar-refractivity contribution in [3.8, 4) is 5.75 Å². The van der Waals surface area contributed by atoms with Crippen molar-refractivity contribution in [2.75, 3.05) is 5.32 Å². The monoisotopic (exact) mass is 400 g/mol. The lowest BCUT2D eigenvalue weighted by Crippen LogP contribution is -2.35. The maximum Gasteiger partial charge on any atom is 0.318 e. The summed E-state index contributed by atoms with van der Waals surface area (Å²) >= 11 is 6.06. The topological polar surface area (TPSA) is 72.2 Å². The molecule has 6 rings (SSSR count). The van der Waals surface area contributed by atoms with Gasteiger partial charge in [0.2, 0.25) is 5.89 Å². The smallest absolute Gasteiger partial charge is 0.318 e. The van der Waals surface area contributed by atoms with Crippen molar-refractivity contribution >= 4 is 17.6 Å². The lowest BCUT2D eigenvalue weighted by atomic mass is 9.80. The molecule has 2 aromatic rings. The Kier molecular flexibility index (Phi) is 3.88. The predicted molar refractivity (Wildman–Crippen MR) is 105 cm³/mol. The minimum absolute atomic E-state index is 0.0713. The highest BCUT2D eigenvalue weighted by atomic mass is 35.5. The minimum atomic E-state index is -0.169. The van der Waals surface area contributed by atoms with Crippen molar-refractivity contribution in [3.63, 3.8) is 0 Å². The Morgan fingerprint density at radius 1 is 1.25 bits per heavy atom. The SMILES string of the molecule is Clc1ccc2c(c1)CCC(Nc1nnc(C34CC3CC(CC3CCC3)N4)o1)O2. The number of nitrogens with zero attached hydrogens (tertiary/aromatic N) is 2. The maximum absolute atomic E-state index is 6.06. The molecule has 4 unspecified atom stereocenters. The molecule has 0 bridgehead atoms. The molecule has 0 spiro atoms. The van der Waals surface area contributed by atoms with E-state index in [1.54, 1.807) is 0 Å². The standard InChI is InChI=1S/C21H25ClN4O2/c22-15-5-6-17-13(9-15)4-7-18(27-17)23-20-26-25-19(28-20)21-11-14(21)10-16(24-21)8-12-2-1-3-12/h5-6,9,12,14,16,18,24H,1-4,7-8,10-11H2,(H,23,26). The summed E-state index contributed by atoms with van der Waals surface area (Å²) in [6.07, 6.45) is 9.45.